The molecule has 2 heterocycles. The molecule has 0 aliphatic carbocycles. The third-order valence-corrected chi connectivity index (χ3v) is 8.07. The Morgan fingerprint density at radius 3 is 1.27 bits per heavy atom. The van der Waals surface area contributed by atoms with Gasteiger partial charge in [-0.15, -0.1) is 0 Å². The minimum Gasteiger partial charge on any atom is -0.449 e. The summed E-state index contributed by atoms with van der Waals surface area (Å²) in [5.74, 6) is -28.9. The largest absolute Gasteiger partial charge is 0.449 e. The summed E-state index contributed by atoms with van der Waals surface area (Å²) in [5, 5.41) is 18.7. The van der Waals surface area contributed by atoms with Crippen molar-refractivity contribution < 1.29 is 135 Å². The van der Waals surface area contributed by atoms with E-state index in [2.05, 4.69) is 32.1 Å². The molecule has 328 valence electrons. The zero-order valence-corrected chi connectivity index (χ0v) is 27.3. The molecule has 0 aromatic rings. The molecule has 2 N–H and O–H groups in total. The Morgan fingerprint density at radius 1 is 0.643 bits per heavy atom. The van der Waals surface area contributed by atoms with Crippen molar-refractivity contribution in [2.24, 2.45) is 0 Å². The van der Waals surface area contributed by atoms with E-state index in [4.69, 9.17) is 0 Å². The monoisotopic (exact) mass is 880 g/mol. The molecule has 0 bridgehead atoms. The summed E-state index contributed by atoms with van der Waals surface area (Å²) in [4.78, 5) is 22.8. The first-order valence-electron chi connectivity index (χ1n) is 14.0. The first kappa shape index (κ1) is 50.7. The highest BCUT2D eigenvalue weighted by Gasteiger charge is 2.86. The van der Waals surface area contributed by atoms with Crippen molar-refractivity contribution in [1.29, 1.82) is 0 Å². The number of carbonyl (C=O) groups excluding carboxylic acids is 2. The van der Waals surface area contributed by atoms with Crippen LogP contribution in [0.5, 0.6) is 0 Å². The third-order valence-electron chi connectivity index (χ3n) is 8.07. The molecule has 2 aliphatic rings. The van der Waals surface area contributed by atoms with Crippen LogP contribution in [0.3, 0.4) is 0 Å². The van der Waals surface area contributed by atoms with E-state index < -0.39 is 126 Å². The van der Waals surface area contributed by atoms with Gasteiger partial charge in [-0.25, -0.2) is 9.59 Å². The highest BCUT2D eigenvalue weighted by Crippen LogP contribution is 2.62. The van der Waals surface area contributed by atoms with E-state index in [-0.39, 0.29) is 13.8 Å². The topological polar surface area (TPSA) is 112 Å². The Morgan fingerprint density at radius 2 is 0.982 bits per heavy atom. The molecule has 2 saturated heterocycles. The molecule has 2 aliphatic heterocycles. The van der Waals surface area contributed by atoms with Gasteiger partial charge in [0.25, 0.3) is 0 Å². The Hall–Kier alpha value is -3.28. The van der Waals surface area contributed by atoms with Gasteiger partial charge < -0.3 is 29.2 Å². The Balaban J connectivity index is 0.000000561. The van der Waals surface area contributed by atoms with Crippen LogP contribution in [0, 0.1) is 0 Å². The van der Waals surface area contributed by atoms with Crippen molar-refractivity contribution in [3.63, 3.8) is 0 Å². The second-order valence-electron chi connectivity index (χ2n) is 12.1. The zero-order chi connectivity index (χ0) is 45.3. The van der Waals surface area contributed by atoms with Gasteiger partial charge in [0.05, 0.1) is 0 Å². The van der Waals surface area contributed by atoms with Crippen LogP contribution < -0.4 is 0 Å². The quantitative estimate of drug-likeness (QED) is 0.162. The van der Waals surface area contributed by atoms with Crippen molar-refractivity contribution >= 4 is 11.9 Å². The number of hydrogen-bond acceptors (Lipinski definition) is 8. The number of carbonyl (C=O) groups is 2. The van der Waals surface area contributed by atoms with Gasteiger partial charge in [-0.1, -0.05) is 20.1 Å². The van der Waals surface area contributed by atoms with Crippen LogP contribution in [0.4, 0.5) is 96.6 Å². The fourth-order valence-electron chi connectivity index (χ4n) is 4.75. The maximum atomic E-state index is 14.5. The minimum absolute atomic E-state index is 0.177. The lowest BCUT2D eigenvalue weighted by Crippen LogP contribution is -2.78. The SMILES string of the molecule is C=C(C(=O)OC1(C)CC(C(F)(F)F)OC(O)(C(F)(F)F)C1(F)F)C(F)(F)F.C=C(C(=O)OC1(C)CC(CC)(C(F)(F)F)OC(O)(C(F)(F)F)C1(F)F)C(F)(F)F. The Labute approximate surface area is 295 Å². The first-order valence-corrected chi connectivity index (χ1v) is 14.0. The van der Waals surface area contributed by atoms with Crippen LogP contribution in [0.2, 0.25) is 0 Å². The van der Waals surface area contributed by atoms with Crippen molar-refractivity contribution in [2.45, 2.75) is 123 Å². The van der Waals surface area contributed by atoms with Crippen LogP contribution in [0.25, 0.3) is 0 Å². The average molecular weight is 880 g/mol. The van der Waals surface area contributed by atoms with Crippen LogP contribution in [0.15, 0.2) is 24.3 Å². The predicted octanol–water partition coefficient (Wildman–Crippen LogP) is 8.07. The maximum absolute atomic E-state index is 14.5. The molecule has 6 atom stereocenters. The number of ether oxygens (including phenoxy) is 4. The Bertz CT molecular complexity index is 1520. The summed E-state index contributed by atoms with van der Waals surface area (Å²) < 4.78 is 303. The van der Waals surface area contributed by atoms with E-state index in [0.29, 0.717) is 6.92 Å². The van der Waals surface area contributed by atoms with Gasteiger partial charge in [-0.3, -0.25) is 0 Å². The lowest BCUT2D eigenvalue weighted by Gasteiger charge is -2.55. The molecule has 0 saturated carbocycles. The predicted molar refractivity (Wildman–Crippen MR) is 132 cm³/mol. The lowest BCUT2D eigenvalue weighted by atomic mass is 9.74. The number of esters is 2. The molecule has 0 aromatic carbocycles. The van der Waals surface area contributed by atoms with Crippen molar-refractivity contribution in [2.75, 3.05) is 0 Å². The van der Waals surface area contributed by atoms with Crippen molar-refractivity contribution in [3.8, 4) is 0 Å². The number of rotatable bonds is 5. The second kappa shape index (κ2) is 14.2. The molecule has 30 heteroatoms. The maximum Gasteiger partial charge on any atom is 0.449 e. The number of hydrogen-bond donors (Lipinski definition) is 2. The lowest BCUT2D eigenvalue weighted by molar-refractivity contribution is -0.516. The molecule has 0 amide bonds. The summed E-state index contributed by atoms with van der Waals surface area (Å²) in [6.07, 6.45) is -45.6. The van der Waals surface area contributed by atoms with E-state index in [9.17, 15) is 116 Å². The summed E-state index contributed by atoms with van der Waals surface area (Å²) in [6.45, 7) is 4.50. The molecule has 6 unspecified atom stereocenters. The smallest absolute Gasteiger partial charge is 0.449 e. The van der Waals surface area contributed by atoms with Crippen molar-refractivity contribution in [3.05, 3.63) is 24.3 Å². The average Bonchev–Trinajstić information content (AvgIpc) is 2.94. The van der Waals surface area contributed by atoms with E-state index >= 15 is 0 Å². The van der Waals surface area contributed by atoms with Crippen LogP contribution in [0.1, 0.15) is 40.0 Å². The summed E-state index contributed by atoms with van der Waals surface area (Å²) in [6, 6.07) is 0. The highest BCUT2D eigenvalue weighted by atomic mass is 19.4. The molecular formula is C26H22F22O8. The summed E-state index contributed by atoms with van der Waals surface area (Å²) in [5.41, 5.74) is -17.5. The Kier molecular flexibility index (Phi) is 12.9. The molecule has 2 rings (SSSR count). The van der Waals surface area contributed by atoms with Crippen LogP contribution >= 0.6 is 0 Å². The van der Waals surface area contributed by atoms with Gasteiger partial charge in [0.15, 0.2) is 22.9 Å². The molecule has 8 nitrogen and oxygen atoms in total. The minimum atomic E-state index is -6.57. The fraction of sp³-hybridized carbons (Fsp3) is 0.769. The van der Waals surface area contributed by atoms with E-state index in [0.717, 1.165) is 0 Å². The number of aliphatic hydroxyl groups is 2. The van der Waals surface area contributed by atoms with Gasteiger partial charge in [-0.05, 0) is 20.3 Å². The number of alkyl halides is 22. The molecular weight excluding hydrogens is 858 g/mol. The summed E-state index contributed by atoms with van der Waals surface area (Å²) in [7, 11) is 0. The van der Waals surface area contributed by atoms with Gasteiger partial charge in [-0.2, -0.15) is 96.6 Å². The molecule has 0 radical (unpaired) electrons. The van der Waals surface area contributed by atoms with Crippen LogP contribution in [-0.2, 0) is 28.5 Å². The second-order valence-corrected chi connectivity index (χ2v) is 12.1. The van der Waals surface area contributed by atoms with E-state index in [1.807, 2.05) is 0 Å². The molecule has 56 heavy (non-hydrogen) atoms. The van der Waals surface area contributed by atoms with Gasteiger partial charge >= 0.3 is 72.4 Å². The van der Waals surface area contributed by atoms with Gasteiger partial charge in [0.1, 0.15) is 11.1 Å². The van der Waals surface area contributed by atoms with E-state index in [1.54, 1.807) is 0 Å². The van der Waals surface area contributed by atoms with Crippen molar-refractivity contribution in [1.82, 2.24) is 0 Å². The third kappa shape index (κ3) is 8.60. The van der Waals surface area contributed by atoms with Gasteiger partial charge in [0, 0.05) is 12.8 Å². The standard InChI is InChI=1S/C14H13F11O4.C12H9F11O4/c1-4-9(13(20,21)22)5-8(3,28-7(26)6(2)10(15,16)17)11(18,19)12(27,29-9)14(23,24)25;1-4(8(13,14)15)6(24)27-7(2)3-5(9(16,17)18)26-11(25,10(7,19)20)12(21,22)23/h27H,2,4-5H2,1,3H3;5,25H,1,3H2,2H3. The first-order chi connectivity index (χ1) is 24.1. The van der Waals surface area contributed by atoms with Crippen LogP contribution in [-0.4, -0.2) is 106 Å². The molecule has 0 aromatic heterocycles. The zero-order valence-electron chi connectivity index (χ0n) is 27.3. The van der Waals surface area contributed by atoms with E-state index in [1.165, 1.54) is 0 Å². The number of halogens is 22. The fourth-order valence-corrected chi connectivity index (χ4v) is 4.75. The highest BCUT2D eigenvalue weighted by molar-refractivity contribution is 5.90. The van der Waals surface area contributed by atoms with Gasteiger partial charge in [0.2, 0.25) is 0 Å². The molecule has 0 spiro atoms. The normalized spacial score (nSPS) is 32.7. The molecule has 2 fully saturated rings. The summed E-state index contributed by atoms with van der Waals surface area (Å²) >= 11 is 0.